The van der Waals surface area contributed by atoms with Crippen LogP contribution in [0.1, 0.15) is 37.0 Å². The summed E-state index contributed by atoms with van der Waals surface area (Å²) < 4.78 is 11.2. The van der Waals surface area contributed by atoms with Gasteiger partial charge in [0.15, 0.2) is 0 Å². The fourth-order valence-electron chi connectivity index (χ4n) is 4.09. The highest BCUT2D eigenvalue weighted by Gasteiger charge is 2.31. The molecule has 2 aromatic carbocycles. The lowest BCUT2D eigenvalue weighted by Crippen LogP contribution is -2.52. The van der Waals surface area contributed by atoms with E-state index < -0.39 is 0 Å². The number of ether oxygens (including phenoxy) is 2. The molecule has 2 aromatic rings. The van der Waals surface area contributed by atoms with E-state index in [1.165, 1.54) is 0 Å². The molecule has 31 heavy (non-hydrogen) atoms. The van der Waals surface area contributed by atoms with E-state index in [0.29, 0.717) is 38.3 Å². The molecule has 0 bridgehead atoms. The topological polar surface area (TPSA) is 59.1 Å². The van der Waals surface area contributed by atoms with E-state index in [1.807, 2.05) is 72.2 Å². The van der Waals surface area contributed by atoms with Gasteiger partial charge in [-0.3, -0.25) is 9.59 Å². The van der Waals surface area contributed by atoms with Crippen LogP contribution in [0.15, 0.2) is 48.5 Å². The van der Waals surface area contributed by atoms with Crippen LogP contribution in [0.25, 0.3) is 11.1 Å². The molecule has 2 saturated heterocycles. The SMILES string of the molecule is CC(C)Oc1ccc(-c2ccc(C(=O)N3CCN(C(=O)[C@@H]4CCCO4)CC3)cc2)cc1. The maximum absolute atomic E-state index is 12.9. The van der Waals surface area contributed by atoms with Crippen LogP contribution in [-0.2, 0) is 9.53 Å². The molecule has 2 aliphatic heterocycles. The average Bonchev–Trinajstić information content (AvgIpc) is 3.33. The van der Waals surface area contributed by atoms with Crippen molar-refractivity contribution < 1.29 is 19.1 Å². The first kappa shape index (κ1) is 21.4. The fourth-order valence-corrected chi connectivity index (χ4v) is 4.09. The molecule has 0 aliphatic carbocycles. The molecule has 0 radical (unpaired) electrons. The second kappa shape index (κ2) is 9.52. The summed E-state index contributed by atoms with van der Waals surface area (Å²) in [6.45, 7) is 6.91. The summed E-state index contributed by atoms with van der Waals surface area (Å²) in [5.41, 5.74) is 2.80. The van der Waals surface area contributed by atoms with Crippen molar-refractivity contribution in [1.82, 2.24) is 9.80 Å². The van der Waals surface area contributed by atoms with Crippen LogP contribution < -0.4 is 4.74 Å². The highest BCUT2D eigenvalue weighted by atomic mass is 16.5. The molecule has 1 atom stereocenters. The van der Waals surface area contributed by atoms with Gasteiger partial charge in [0.2, 0.25) is 0 Å². The molecular formula is C25H30N2O4. The minimum Gasteiger partial charge on any atom is -0.491 e. The Bertz CT molecular complexity index is 894. The number of carbonyl (C=O) groups excluding carboxylic acids is 2. The van der Waals surface area contributed by atoms with Crippen molar-refractivity contribution in [2.45, 2.75) is 38.9 Å². The third-order valence-corrected chi connectivity index (χ3v) is 5.77. The van der Waals surface area contributed by atoms with Gasteiger partial charge in [-0.25, -0.2) is 0 Å². The van der Waals surface area contributed by atoms with E-state index in [0.717, 1.165) is 29.7 Å². The molecular weight excluding hydrogens is 392 g/mol. The van der Waals surface area contributed by atoms with Gasteiger partial charge in [-0.2, -0.15) is 0 Å². The summed E-state index contributed by atoms with van der Waals surface area (Å²) in [7, 11) is 0. The minimum atomic E-state index is -0.291. The summed E-state index contributed by atoms with van der Waals surface area (Å²) in [6.07, 6.45) is 1.60. The fraction of sp³-hybridized carbons (Fsp3) is 0.440. The maximum Gasteiger partial charge on any atom is 0.253 e. The van der Waals surface area contributed by atoms with E-state index in [-0.39, 0.29) is 24.0 Å². The van der Waals surface area contributed by atoms with Crippen LogP contribution in [0.5, 0.6) is 5.75 Å². The maximum atomic E-state index is 12.9. The number of amides is 2. The lowest BCUT2D eigenvalue weighted by molar-refractivity contribution is -0.142. The summed E-state index contributed by atoms with van der Waals surface area (Å²) in [5, 5.41) is 0. The van der Waals surface area contributed by atoms with Gasteiger partial charge in [0.1, 0.15) is 11.9 Å². The van der Waals surface area contributed by atoms with Gasteiger partial charge < -0.3 is 19.3 Å². The number of piperazine rings is 1. The Labute approximate surface area is 183 Å². The zero-order valence-electron chi connectivity index (χ0n) is 18.3. The lowest BCUT2D eigenvalue weighted by atomic mass is 10.0. The standard InChI is InChI=1S/C25H30N2O4/c1-18(2)31-22-11-9-20(10-12-22)19-5-7-21(8-6-19)24(28)26-13-15-27(16-14-26)25(29)23-4-3-17-30-23/h5-12,18,23H,3-4,13-17H2,1-2H3/t23-/m0/s1. The first-order valence-corrected chi connectivity index (χ1v) is 11.1. The van der Waals surface area contributed by atoms with Gasteiger partial charge >= 0.3 is 0 Å². The second-order valence-electron chi connectivity index (χ2n) is 8.39. The van der Waals surface area contributed by atoms with E-state index in [4.69, 9.17) is 9.47 Å². The third-order valence-electron chi connectivity index (χ3n) is 5.77. The van der Waals surface area contributed by atoms with Crippen molar-refractivity contribution in [3.05, 3.63) is 54.1 Å². The van der Waals surface area contributed by atoms with Gasteiger partial charge in [0.05, 0.1) is 6.10 Å². The number of rotatable bonds is 5. The third kappa shape index (κ3) is 5.07. The van der Waals surface area contributed by atoms with Crippen LogP contribution in [0.2, 0.25) is 0 Å². The second-order valence-corrected chi connectivity index (χ2v) is 8.39. The molecule has 2 heterocycles. The van der Waals surface area contributed by atoms with Gasteiger partial charge in [0.25, 0.3) is 11.8 Å². The number of carbonyl (C=O) groups is 2. The number of benzene rings is 2. The first-order valence-electron chi connectivity index (χ1n) is 11.1. The van der Waals surface area contributed by atoms with Crippen molar-refractivity contribution in [3.8, 4) is 16.9 Å². The van der Waals surface area contributed by atoms with E-state index >= 15 is 0 Å². The van der Waals surface area contributed by atoms with Crippen molar-refractivity contribution in [2.24, 2.45) is 0 Å². The molecule has 2 fully saturated rings. The largest absolute Gasteiger partial charge is 0.491 e. The highest BCUT2D eigenvalue weighted by molar-refractivity contribution is 5.95. The molecule has 4 rings (SSSR count). The molecule has 2 amide bonds. The zero-order chi connectivity index (χ0) is 21.8. The predicted octanol–water partition coefficient (Wildman–Crippen LogP) is 3.60. The lowest BCUT2D eigenvalue weighted by Gasteiger charge is -2.35. The normalized spacial score (nSPS) is 19.0. The molecule has 6 nitrogen and oxygen atoms in total. The van der Waals surface area contributed by atoms with Crippen molar-refractivity contribution in [1.29, 1.82) is 0 Å². The van der Waals surface area contributed by atoms with Crippen LogP contribution in [0.4, 0.5) is 0 Å². The van der Waals surface area contributed by atoms with E-state index in [9.17, 15) is 9.59 Å². The Kier molecular flexibility index (Phi) is 6.56. The average molecular weight is 423 g/mol. The van der Waals surface area contributed by atoms with Crippen LogP contribution in [0.3, 0.4) is 0 Å². The van der Waals surface area contributed by atoms with Crippen molar-refractivity contribution in [3.63, 3.8) is 0 Å². The van der Waals surface area contributed by atoms with Gasteiger partial charge in [-0.15, -0.1) is 0 Å². The minimum absolute atomic E-state index is 0.0106. The van der Waals surface area contributed by atoms with Crippen LogP contribution in [0, 0.1) is 0 Å². The summed E-state index contributed by atoms with van der Waals surface area (Å²) in [4.78, 5) is 29.0. The zero-order valence-corrected chi connectivity index (χ0v) is 18.3. The summed E-state index contributed by atoms with van der Waals surface area (Å²) >= 11 is 0. The molecule has 2 aliphatic rings. The van der Waals surface area contributed by atoms with E-state index in [2.05, 4.69) is 0 Å². The molecule has 0 saturated carbocycles. The molecule has 164 valence electrons. The molecule has 0 unspecified atom stereocenters. The monoisotopic (exact) mass is 422 g/mol. The molecule has 0 N–H and O–H groups in total. The van der Waals surface area contributed by atoms with Gasteiger partial charge in [0, 0.05) is 38.3 Å². The molecule has 0 aromatic heterocycles. The summed E-state index contributed by atoms with van der Waals surface area (Å²) in [6, 6.07) is 15.7. The molecule has 6 heteroatoms. The number of hydrogen-bond acceptors (Lipinski definition) is 4. The smallest absolute Gasteiger partial charge is 0.253 e. The molecule has 0 spiro atoms. The number of nitrogens with zero attached hydrogens (tertiary/aromatic N) is 2. The highest BCUT2D eigenvalue weighted by Crippen LogP contribution is 2.24. The predicted molar refractivity (Wildman–Crippen MR) is 119 cm³/mol. The Morgan fingerprint density at radius 2 is 1.48 bits per heavy atom. The number of hydrogen-bond donors (Lipinski definition) is 0. The Hall–Kier alpha value is -2.86. The van der Waals surface area contributed by atoms with Crippen LogP contribution >= 0.6 is 0 Å². The summed E-state index contributed by atoms with van der Waals surface area (Å²) in [5.74, 6) is 0.929. The Balaban J connectivity index is 1.34. The first-order chi connectivity index (χ1) is 15.0. The Morgan fingerprint density at radius 1 is 0.903 bits per heavy atom. The van der Waals surface area contributed by atoms with E-state index in [1.54, 1.807) is 0 Å². The van der Waals surface area contributed by atoms with Gasteiger partial charge in [-0.1, -0.05) is 24.3 Å². The van der Waals surface area contributed by atoms with Gasteiger partial charge in [-0.05, 0) is 62.1 Å². The van der Waals surface area contributed by atoms with Crippen LogP contribution in [-0.4, -0.2) is 66.6 Å². The Morgan fingerprint density at radius 3 is 2.03 bits per heavy atom. The van der Waals surface area contributed by atoms with Crippen molar-refractivity contribution in [2.75, 3.05) is 32.8 Å². The van der Waals surface area contributed by atoms with Crippen molar-refractivity contribution >= 4 is 11.8 Å². The quantitative estimate of drug-likeness (QED) is 0.739.